The van der Waals surface area contributed by atoms with Crippen molar-refractivity contribution in [2.45, 2.75) is 31.6 Å². The van der Waals surface area contributed by atoms with Gasteiger partial charge in [0.05, 0.1) is 4.90 Å². The normalized spacial score (nSPS) is 12.2. The number of hydrogen-bond acceptors (Lipinski definition) is 2. The fraction of sp³-hybridized carbons (Fsp3) is 0.235. The number of aryl methyl sites for hydroxylation is 1. The summed E-state index contributed by atoms with van der Waals surface area (Å²) in [4.78, 5) is 0.211. The van der Waals surface area contributed by atoms with E-state index in [0.717, 1.165) is 11.1 Å². The third-order valence-corrected chi connectivity index (χ3v) is 4.51. The van der Waals surface area contributed by atoms with Crippen LogP contribution in [-0.4, -0.2) is 14.6 Å². The van der Waals surface area contributed by atoms with Gasteiger partial charge in [0.25, 0.3) is 10.0 Å². The van der Waals surface area contributed by atoms with E-state index in [1.165, 1.54) is 11.8 Å². The minimum Gasteiger partial charge on any atom is -0.199 e. The number of hydrogen-bond donors (Lipinski definition) is 0. The quantitative estimate of drug-likeness (QED) is 0.803. The van der Waals surface area contributed by atoms with Gasteiger partial charge in [-0.3, -0.25) is 0 Å². The van der Waals surface area contributed by atoms with Crippen LogP contribution in [0.15, 0.2) is 57.8 Å². The van der Waals surface area contributed by atoms with Crippen LogP contribution < -0.4 is 0 Å². The van der Waals surface area contributed by atoms with Crippen LogP contribution in [0.4, 0.5) is 0 Å². The SMILES string of the molecule is Cc1ccc(S(=O)(=O)/N=C\c2ccc(C(C)C)cc2)cc1. The van der Waals surface area contributed by atoms with E-state index in [2.05, 4.69) is 18.2 Å². The van der Waals surface area contributed by atoms with Gasteiger partial charge in [-0.15, -0.1) is 0 Å². The van der Waals surface area contributed by atoms with E-state index >= 15 is 0 Å². The molecule has 0 aliphatic carbocycles. The summed E-state index contributed by atoms with van der Waals surface area (Å²) in [5.41, 5.74) is 3.01. The highest BCUT2D eigenvalue weighted by Crippen LogP contribution is 2.15. The molecule has 4 heteroatoms. The maximum absolute atomic E-state index is 12.1. The van der Waals surface area contributed by atoms with Crippen molar-refractivity contribution in [2.24, 2.45) is 4.40 Å². The van der Waals surface area contributed by atoms with Gasteiger partial charge in [0, 0.05) is 6.21 Å². The van der Waals surface area contributed by atoms with Crippen molar-refractivity contribution >= 4 is 16.2 Å². The highest BCUT2D eigenvalue weighted by Gasteiger charge is 2.10. The molecular formula is C17H19NO2S. The van der Waals surface area contributed by atoms with Crippen LogP contribution in [0, 0.1) is 6.92 Å². The van der Waals surface area contributed by atoms with E-state index in [1.54, 1.807) is 24.3 Å². The summed E-state index contributed by atoms with van der Waals surface area (Å²) in [6.45, 7) is 6.14. The molecule has 0 amide bonds. The molecule has 0 atom stereocenters. The van der Waals surface area contributed by atoms with Gasteiger partial charge in [0.15, 0.2) is 0 Å². The second-order valence-corrected chi connectivity index (χ2v) is 6.98. The zero-order chi connectivity index (χ0) is 15.5. The Labute approximate surface area is 126 Å². The Kier molecular flexibility index (Phi) is 4.58. The van der Waals surface area contributed by atoms with E-state index < -0.39 is 10.0 Å². The predicted octanol–water partition coefficient (Wildman–Crippen LogP) is 3.93. The first-order chi connectivity index (χ1) is 9.88. The molecule has 2 aromatic rings. The largest absolute Gasteiger partial charge is 0.282 e. The highest BCUT2D eigenvalue weighted by molar-refractivity contribution is 7.90. The van der Waals surface area contributed by atoms with Crippen LogP contribution in [0.5, 0.6) is 0 Å². The van der Waals surface area contributed by atoms with Crippen LogP contribution in [0.25, 0.3) is 0 Å². The molecule has 0 unspecified atom stereocenters. The maximum atomic E-state index is 12.1. The third-order valence-electron chi connectivity index (χ3n) is 3.26. The number of sulfonamides is 1. The summed E-state index contributed by atoms with van der Waals surface area (Å²) in [5.74, 6) is 0.451. The molecule has 3 nitrogen and oxygen atoms in total. The van der Waals surface area contributed by atoms with Crippen LogP contribution in [0.1, 0.15) is 36.5 Å². The number of benzene rings is 2. The molecule has 0 fully saturated rings. The average Bonchev–Trinajstić information content (AvgIpc) is 2.46. The molecule has 2 rings (SSSR count). The molecule has 0 aromatic heterocycles. The lowest BCUT2D eigenvalue weighted by Crippen LogP contribution is -1.98. The molecule has 0 N–H and O–H groups in total. The Hall–Kier alpha value is -1.94. The van der Waals surface area contributed by atoms with Crippen molar-refractivity contribution in [3.63, 3.8) is 0 Å². The monoisotopic (exact) mass is 301 g/mol. The molecule has 2 aromatic carbocycles. The van der Waals surface area contributed by atoms with Crippen LogP contribution in [0.2, 0.25) is 0 Å². The van der Waals surface area contributed by atoms with Crippen LogP contribution in [0.3, 0.4) is 0 Å². The minimum absolute atomic E-state index is 0.211. The van der Waals surface area contributed by atoms with Gasteiger partial charge in [0.1, 0.15) is 0 Å². The van der Waals surface area contributed by atoms with E-state index in [0.29, 0.717) is 5.92 Å². The van der Waals surface area contributed by atoms with E-state index in [1.807, 2.05) is 31.2 Å². The van der Waals surface area contributed by atoms with Gasteiger partial charge < -0.3 is 0 Å². The zero-order valence-electron chi connectivity index (χ0n) is 12.4. The Balaban J connectivity index is 2.21. The van der Waals surface area contributed by atoms with Crippen molar-refractivity contribution in [1.82, 2.24) is 0 Å². The second kappa shape index (κ2) is 6.22. The first-order valence-electron chi connectivity index (χ1n) is 6.85. The standard InChI is InChI=1S/C17H19NO2S/c1-13(2)16-8-6-15(7-9-16)12-18-21(19,20)17-10-4-14(3)5-11-17/h4-13H,1-3H3/b18-12-. The minimum atomic E-state index is -3.63. The Morgan fingerprint density at radius 2 is 1.52 bits per heavy atom. The van der Waals surface area contributed by atoms with Gasteiger partial charge in [-0.2, -0.15) is 12.8 Å². The summed E-state index contributed by atoms with van der Waals surface area (Å²) >= 11 is 0. The van der Waals surface area contributed by atoms with Crippen molar-refractivity contribution < 1.29 is 8.42 Å². The van der Waals surface area contributed by atoms with Crippen molar-refractivity contribution in [1.29, 1.82) is 0 Å². The van der Waals surface area contributed by atoms with E-state index in [9.17, 15) is 8.42 Å². The molecule has 0 saturated heterocycles. The van der Waals surface area contributed by atoms with Crippen molar-refractivity contribution in [3.8, 4) is 0 Å². The summed E-state index contributed by atoms with van der Waals surface area (Å²) in [7, 11) is -3.63. The smallest absolute Gasteiger partial charge is 0.199 e. The van der Waals surface area contributed by atoms with Gasteiger partial charge >= 0.3 is 0 Å². The van der Waals surface area contributed by atoms with Gasteiger partial charge in [-0.1, -0.05) is 55.8 Å². The summed E-state index contributed by atoms with van der Waals surface area (Å²) < 4.78 is 27.9. The fourth-order valence-electron chi connectivity index (χ4n) is 1.87. The van der Waals surface area contributed by atoms with Gasteiger partial charge in [-0.25, -0.2) is 0 Å². The molecule has 21 heavy (non-hydrogen) atoms. The first kappa shape index (κ1) is 15.4. The lowest BCUT2D eigenvalue weighted by Gasteiger charge is -2.04. The molecule has 0 spiro atoms. The molecule has 0 saturated carbocycles. The average molecular weight is 301 g/mol. The molecule has 110 valence electrons. The fourth-order valence-corrected chi connectivity index (χ4v) is 2.73. The molecular weight excluding hydrogens is 282 g/mol. The molecule has 0 radical (unpaired) electrons. The highest BCUT2D eigenvalue weighted by atomic mass is 32.2. The topological polar surface area (TPSA) is 46.5 Å². The molecule has 0 aliphatic heterocycles. The summed E-state index contributed by atoms with van der Waals surface area (Å²) in [6, 6.07) is 14.4. The predicted molar refractivity (Wildman–Crippen MR) is 86.5 cm³/mol. The van der Waals surface area contributed by atoms with Gasteiger partial charge in [-0.05, 0) is 36.1 Å². The van der Waals surface area contributed by atoms with Crippen molar-refractivity contribution in [2.75, 3.05) is 0 Å². The molecule has 0 aliphatic rings. The maximum Gasteiger partial charge on any atom is 0.282 e. The summed E-state index contributed by atoms with van der Waals surface area (Å²) in [6.07, 6.45) is 1.39. The molecule has 0 heterocycles. The number of rotatable bonds is 4. The number of nitrogens with zero attached hydrogens (tertiary/aromatic N) is 1. The van der Waals surface area contributed by atoms with Crippen LogP contribution in [-0.2, 0) is 10.0 Å². The zero-order valence-corrected chi connectivity index (χ0v) is 13.3. The van der Waals surface area contributed by atoms with Gasteiger partial charge in [0.2, 0.25) is 0 Å². The lowest BCUT2D eigenvalue weighted by molar-refractivity contribution is 0.598. The second-order valence-electron chi connectivity index (χ2n) is 5.34. The van der Waals surface area contributed by atoms with Crippen molar-refractivity contribution in [3.05, 3.63) is 65.2 Å². The van der Waals surface area contributed by atoms with E-state index in [4.69, 9.17) is 0 Å². The molecule has 0 bridgehead atoms. The Morgan fingerprint density at radius 1 is 0.952 bits per heavy atom. The summed E-state index contributed by atoms with van der Waals surface area (Å²) in [5, 5.41) is 0. The van der Waals surface area contributed by atoms with Crippen LogP contribution >= 0.6 is 0 Å². The lowest BCUT2D eigenvalue weighted by atomic mass is 10.0. The third kappa shape index (κ3) is 4.02. The first-order valence-corrected chi connectivity index (χ1v) is 8.29. The Morgan fingerprint density at radius 3 is 2.05 bits per heavy atom. The van der Waals surface area contributed by atoms with E-state index in [-0.39, 0.29) is 4.90 Å². The Bertz CT molecular complexity index is 727.